The van der Waals surface area contributed by atoms with Crippen molar-refractivity contribution in [1.29, 1.82) is 0 Å². The minimum atomic E-state index is -0.291. The fourth-order valence-corrected chi connectivity index (χ4v) is 2.17. The lowest BCUT2D eigenvalue weighted by Gasteiger charge is -2.17. The number of hydrogen-bond donors (Lipinski definition) is 2. The molecule has 0 amide bonds. The van der Waals surface area contributed by atoms with Gasteiger partial charge in [-0.05, 0) is 46.1 Å². The Hall–Kier alpha value is -1.23. The van der Waals surface area contributed by atoms with Gasteiger partial charge >= 0.3 is 0 Å². The van der Waals surface area contributed by atoms with Crippen LogP contribution in [0.25, 0.3) is 0 Å². The number of nitrogens with two attached hydrogens (primary N) is 1. The van der Waals surface area contributed by atoms with Crippen LogP contribution in [0.1, 0.15) is 22.7 Å². The van der Waals surface area contributed by atoms with Crippen LogP contribution in [-0.2, 0) is 0 Å². The number of aryl methyl sites for hydroxylation is 1. The van der Waals surface area contributed by atoms with Gasteiger partial charge in [0.15, 0.2) is 0 Å². The Kier molecular flexibility index (Phi) is 4.11. The number of halogens is 2. The van der Waals surface area contributed by atoms with Crippen LogP contribution in [0.5, 0.6) is 0 Å². The van der Waals surface area contributed by atoms with Gasteiger partial charge in [-0.3, -0.25) is 5.84 Å². The summed E-state index contributed by atoms with van der Waals surface area (Å²) in [6, 6.07) is 12.8. The lowest BCUT2D eigenvalue weighted by molar-refractivity contribution is 0.600. The molecular formula is C14H14BrFN2. The molecule has 94 valence electrons. The van der Waals surface area contributed by atoms with E-state index < -0.39 is 0 Å². The Bertz CT molecular complexity index is 557. The number of benzene rings is 2. The topological polar surface area (TPSA) is 38.0 Å². The highest BCUT2D eigenvalue weighted by Crippen LogP contribution is 2.25. The van der Waals surface area contributed by atoms with Gasteiger partial charge < -0.3 is 0 Å². The Morgan fingerprint density at radius 1 is 1.17 bits per heavy atom. The summed E-state index contributed by atoms with van der Waals surface area (Å²) >= 11 is 3.14. The van der Waals surface area contributed by atoms with Crippen LogP contribution < -0.4 is 11.3 Å². The van der Waals surface area contributed by atoms with E-state index in [9.17, 15) is 4.39 Å². The van der Waals surface area contributed by atoms with Gasteiger partial charge in [0.2, 0.25) is 0 Å². The van der Waals surface area contributed by atoms with Crippen LogP contribution in [0.3, 0.4) is 0 Å². The smallest absolute Gasteiger partial charge is 0.137 e. The first kappa shape index (κ1) is 13.2. The molecule has 1 atom stereocenters. The number of nitrogens with one attached hydrogen (secondary N) is 1. The second kappa shape index (κ2) is 5.61. The summed E-state index contributed by atoms with van der Waals surface area (Å²) in [4.78, 5) is 0. The number of hydrogen-bond acceptors (Lipinski definition) is 2. The monoisotopic (exact) mass is 308 g/mol. The Labute approximate surface area is 114 Å². The molecule has 0 aliphatic carbocycles. The van der Waals surface area contributed by atoms with E-state index in [1.54, 1.807) is 6.07 Å². The van der Waals surface area contributed by atoms with Crippen LogP contribution in [0.15, 0.2) is 46.9 Å². The van der Waals surface area contributed by atoms with E-state index in [4.69, 9.17) is 5.84 Å². The maximum atomic E-state index is 13.6. The van der Waals surface area contributed by atoms with Crippen LogP contribution in [-0.4, -0.2) is 0 Å². The Morgan fingerprint density at radius 2 is 1.89 bits per heavy atom. The van der Waals surface area contributed by atoms with Crippen molar-refractivity contribution in [3.05, 3.63) is 69.4 Å². The van der Waals surface area contributed by atoms with Crippen molar-refractivity contribution in [2.45, 2.75) is 13.0 Å². The molecule has 0 spiro atoms. The Balaban J connectivity index is 2.42. The molecule has 0 aliphatic rings. The summed E-state index contributed by atoms with van der Waals surface area (Å²) in [6.45, 7) is 2.01. The molecule has 0 radical (unpaired) electrons. The summed E-state index contributed by atoms with van der Waals surface area (Å²) < 4.78 is 14.0. The lowest BCUT2D eigenvalue weighted by Crippen LogP contribution is -2.28. The molecular weight excluding hydrogens is 295 g/mol. The minimum Gasteiger partial charge on any atom is -0.271 e. The van der Waals surface area contributed by atoms with Crippen molar-refractivity contribution < 1.29 is 4.39 Å². The van der Waals surface area contributed by atoms with E-state index >= 15 is 0 Å². The van der Waals surface area contributed by atoms with Gasteiger partial charge in [-0.2, -0.15) is 0 Å². The third-order valence-corrected chi connectivity index (χ3v) is 3.46. The van der Waals surface area contributed by atoms with Gasteiger partial charge in [0.1, 0.15) is 5.82 Å². The molecule has 4 heteroatoms. The lowest BCUT2D eigenvalue weighted by atomic mass is 9.98. The maximum Gasteiger partial charge on any atom is 0.137 e. The summed E-state index contributed by atoms with van der Waals surface area (Å²) in [7, 11) is 0. The molecule has 0 aliphatic heterocycles. The van der Waals surface area contributed by atoms with Crippen LogP contribution >= 0.6 is 15.9 Å². The van der Waals surface area contributed by atoms with Gasteiger partial charge in [-0.15, -0.1) is 0 Å². The van der Waals surface area contributed by atoms with E-state index in [2.05, 4.69) is 21.4 Å². The van der Waals surface area contributed by atoms with E-state index in [0.717, 1.165) is 16.7 Å². The number of rotatable bonds is 3. The standard InChI is InChI=1S/C14H14BrFN2/c1-9-3-2-4-10(7-9)14(18-17)11-5-6-12(15)13(16)8-11/h2-8,14,18H,17H2,1H3. The van der Waals surface area contributed by atoms with Gasteiger partial charge in [-0.25, -0.2) is 9.82 Å². The molecule has 0 saturated carbocycles. The van der Waals surface area contributed by atoms with Crippen molar-refractivity contribution in [3.8, 4) is 0 Å². The first-order valence-corrected chi connectivity index (χ1v) is 6.39. The molecule has 0 aromatic heterocycles. The van der Waals surface area contributed by atoms with Crippen LogP contribution in [0, 0.1) is 12.7 Å². The van der Waals surface area contributed by atoms with Crippen molar-refractivity contribution >= 4 is 15.9 Å². The van der Waals surface area contributed by atoms with Crippen LogP contribution in [0.2, 0.25) is 0 Å². The predicted molar refractivity (Wildman–Crippen MR) is 74.4 cm³/mol. The third-order valence-electron chi connectivity index (χ3n) is 2.82. The third kappa shape index (κ3) is 2.77. The van der Waals surface area contributed by atoms with Crippen molar-refractivity contribution in [2.75, 3.05) is 0 Å². The average molecular weight is 309 g/mol. The second-order valence-corrected chi connectivity index (χ2v) is 5.04. The predicted octanol–water partition coefficient (Wildman–Crippen LogP) is 3.45. The van der Waals surface area contributed by atoms with E-state index in [0.29, 0.717) is 4.47 Å². The highest BCUT2D eigenvalue weighted by atomic mass is 79.9. The van der Waals surface area contributed by atoms with Crippen LogP contribution in [0.4, 0.5) is 4.39 Å². The molecule has 0 fully saturated rings. The van der Waals surface area contributed by atoms with E-state index in [1.165, 1.54) is 6.07 Å². The fourth-order valence-electron chi connectivity index (χ4n) is 1.93. The minimum absolute atomic E-state index is 0.215. The zero-order valence-corrected chi connectivity index (χ0v) is 11.5. The normalized spacial score (nSPS) is 12.4. The van der Waals surface area contributed by atoms with Gasteiger partial charge in [0, 0.05) is 0 Å². The molecule has 18 heavy (non-hydrogen) atoms. The highest BCUT2D eigenvalue weighted by molar-refractivity contribution is 9.10. The highest BCUT2D eigenvalue weighted by Gasteiger charge is 2.14. The average Bonchev–Trinajstić information content (AvgIpc) is 2.35. The van der Waals surface area contributed by atoms with E-state index in [-0.39, 0.29) is 11.9 Å². The molecule has 0 saturated heterocycles. The van der Waals surface area contributed by atoms with Gasteiger partial charge in [0.25, 0.3) is 0 Å². The van der Waals surface area contributed by atoms with E-state index in [1.807, 2.05) is 37.3 Å². The zero-order valence-electron chi connectivity index (χ0n) is 9.95. The molecule has 3 N–H and O–H groups in total. The molecule has 2 nitrogen and oxygen atoms in total. The molecule has 2 aromatic carbocycles. The molecule has 1 unspecified atom stereocenters. The second-order valence-electron chi connectivity index (χ2n) is 4.19. The van der Waals surface area contributed by atoms with Crippen molar-refractivity contribution in [2.24, 2.45) is 5.84 Å². The largest absolute Gasteiger partial charge is 0.271 e. The molecule has 2 aromatic rings. The summed E-state index contributed by atoms with van der Waals surface area (Å²) in [5.41, 5.74) is 5.68. The number of hydrazine groups is 1. The van der Waals surface area contributed by atoms with Crippen molar-refractivity contribution in [3.63, 3.8) is 0 Å². The SMILES string of the molecule is Cc1cccc(C(NN)c2ccc(Br)c(F)c2)c1. The first-order chi connectivity index (χ1) is 8.61. The molecule has 0 heterocycles. The summed E-state index contributed by atoms with van der Waals surface area (Å²) in [5.74, 6) is 5.30. The quantitative estimate of drug-likeness (QED) is 0.673. The maximum absolute atomic E-state index is 13.6. The Morgan fingerprint density at radius 3 is 2.50 bits per heavy atom. The van der Waals surface area contributed by atoms with Gasteiger partial charge in [0.05, 0.1) is 10.5 Å². The van der Waals surface area contributed by atoms with Gasteiger partial charge in [-0.1, -0.05) is 35.9 Å². The molecule has 2 rings (SSSR count). The summed E-state index contributed by atoms with van der Waals surface area (Å²) in [6.07, 6.45) is 0. The molecule has 0 bridgehead atoms. The first-order valence-electron chi connectivity index (χ1n) is 5.59. The summed E-state index contributed by atoms with van der Waals surface area (Å²) in [5, 5.41) is 0. The zero-order chi connectivity index (χ0) is 13.1. The fraction of sp³-hybridized carbons (Fsp3) is 0.143. The van der Waals surface area contributed by atoms with Crippen molar-refractivity contribution in [1.82, 2.24) is 5.43 Å².